The van der Waals surface area contributed by atoms with Crippen LogP contribution >= 0.6 is 0 Å². The SMILES string of the molecule is O=C(O)c1cccc(Oc2ccc([N+](=O)[O-])cc2[N+](=O)[O-])c1. The van der Waals surface area contributed by atoms with Crippen molar-refractivity contribution in [2.75, 3.05) is 0 Å². The van der Waals surface area contributed by atoms with E-state index in [1.165, 1.54) is 24.3 Å². The lowest BCUT2D eigenvalue weighted by molar-refractivity contribution is -0.394. The second-order valence-electron chi connectivity index (χ2n) is 4.10. The van der Waals surface area contributed by atoms with Gasteiger partial charge >= 0.3 is 11.7 Å². The van der Waals surface area contributed by atoms with Gasteiger partial charge in [-0.3, -0.25) is 20.2 Å². The summed E-state index contributed by atoms with van der Waals surface area (Å²) < 4.78 is 5.27. The number of hydrogen-bond donors (Lipinski definition) is 1. The third kappa shape index (κ3) is 3.15. The first-order valence-corrected chi connectivity index (χ1v) is 5.82. The van der Waals surface area contributed by atoms with Crippen LogP contribution in [0.1, 0.15) is 10.4 Å². The largest absolute Gasteiger partial charge is 0.478 e. The maximum atomic E-state index is 11.0. The van der Waals surface area contributed by atoms with Gasteiger partial charge in [0.1, 0.15) is 5.75 Å². The molecule has 0 saturated carbocycles. The summed E-state index contributed by atoms with van der Waals surface area (Å²) in [6.07, 6.45) is 0. The molecule has 0 amide bonds. The van der Waals surface area contributed by atoms with E-state index in [4.69, 9.17) is 9.84 Å². The molecule has 0 unspecified atom stereocenters. The molecule has 2 rings (SSSR count). The molecule has 22 heavy (non-hydrogen) atoms. The lowest BCUT2D eigenvalue weighted by atomic mass is 10.2. The fourth-order valence-corrected chi connectivity index (χ4v) is 1.67. The van der Waals surface area contributed by atoms with Gasteiger partial charge in [-0.25, -0.2) is 4.79 Å². The first kappa shape index (κ1) is 14.9. The van der Waals surface area contributed by atoms with E-state index in [-0.39, 0.29) is 17.1 Å². The third-order valence-corrected chi connectivity index (χ3v) is 2.66. The van der Waals surface area contributed by atoms with Gasteiger partial charge in [-0.2, -0.15) is 0 Å². The van der Waals surface area contributed by atoms with E-state index in [0.717, 1.165) is 18.2 Å². The molecule has 2 aromatic carbocycles. The number of non-ortho nitro benzene ring substituents is 1. The summed E-state index contributed by atoms with van der Waals surface area (Å²) in [5, 5.41) is 30.5. The molecule has 0 spiro atoms. The number of carboxylic acid groups (broad SMARTS) is 1. The van der Waals surface area contributed by atoms with Crippen LogP contribution in [0.2, 0.25) is 0 Å². The van der Waals surface area contributed by atoms with Crippen LogP contribution in [0.15, 0.2) is 42.5 Å². The molecular formula is C13H8N2O7. The number of benzene rings is 2. The highest BCUT2D eigenvalue weighted by molar-refractivity contribution is 5.88. The standard InChI is InChI=1S/C13H8N2O7/c16-13(17)8-2-1-3-10(6-8)22-12-5-4-9(14(18)19)7-11(12)15(20)21/h1-7H,(H,16,17). The van der Waals surface area contributed by atoms with Crippen molar-refractivity contribution in [3.05, 3.63) is 68.3 Å². The van der Waals surface area contributed by atoms with Gasteiger partial charge in [-0.15, -0.1) is 0 Å². The van der Waals surface area contributed by atoms with Crippen molar-refractivity contribution in [1.82, 2.24) is 0 Å². The minimum absolute atomic E-state index is 0.0536. The highest BCUT2D eigenvalue weighted by Crippen LogP contribution is 2.34. The second-order valence-corrected chi connectivity index (χ2v) is 4.10. The van der Waals surface area contributed by atoms with Gasteiger partial charge in [0.15, 0.2) is 0 Å². The fraction of sp³-hybridized carbons (Fsp3) is 0. The molecule has 0 saturated heterocycles. The quantitative estimate of drug-likeness (QED) is 0.662. The molecular weight excluding hydrogens is 296 g/mol. The van der Waals surface area contributed by atoms with Crippen LogP contribution in [0.3, 0.4) is 0 Å². The molecule has 0 radical (unpaired) electrons. The van der Waals surface area contributed by atoms with E-state index in [1.54, 1.807) is 0 Å². The van der Waals surface area contributed by atoms with Crippen LogP contribution in [-0.4, -0.2) is 20.9 Å². The van der Waals surface area contributed by atoms with E-state index in [0.29, 0.717) is 0 Å². The Balaban J connectivity index is 2.41. The lowest BCUT2D eigenvalue weighted by Crippen LogP contribution is -1.98. The molecule has 1 N–H and O–H groups in total. The smallest absolute Gasteiger partial charge is 0.335 e. The molecule has 0 aliphatic heterocycles. The van der Waals surface area contributed by atoms with E-state index >= 15 is 0 Å². The summed E-state index contributed by atoms with van der Waals surface area (Å²) in [5.74, 6) is -1.33. The highest BCUT2D eigenvalue weighted by Gasteiger charge is 2.21. The Morgan fingerprint density at radius 2 is 1.77 bits per heavy atom. The maximum Gasteiger partial charge on any atom is 0.335 e. The van der Waals surface area contributed by atoms with Gasteiger partial charge in [0.05, 0.1) is 21.5 Å². The number of nitro benzene ring substituents is 2. The molecule has 0 aliphatic rings. The zero-order valence-electron chi connectivity index (χ0n) is 10.8. The van der Waals surface area contributed by atoms with Crippen molar-refractivity contribution in [2.24, 2.45) is 0 Å². The van der Waals surface area contributed by atoms with Gasteiger partial charge in [0.25, 0.3) is 5.69 Å². The zero-order chi connectivity index (χ0) is 16.3. The number of aromatic carboxylic acids is 1. The first-order valence-electron chi connectivity index (χ1n) is 5.82. The van der Waals surface area contributed by atoms with Crippen molar-refractivity contribution in [3.8, 4) is 11.5 Å². The van der Waals surface area contributed by atoms with Crippen molar-refractivity contribution >= 4 is 17.3 Å². The van der Waals surface area contributed by atoms with Crippen LogP contribution in [0, 0.1) is 20.2 Å². The monoisotopic (exact) mass is 304 g/mol. The second kappa shape index (κ2) is 5.87. The predicted octanol–water partition coefficient (Wildman–Crippen LogP) is 2.99. The number of carbonyl (C=O) groups is 1. The van der Waals surface area contributed by atoms with E-state index in [1.807, 2.05) is 0 Å². The molecule has 0 atom stereocenters. The van der Waals surface area contributed by atoms with Crippen LogP contribution in [-0.2, 0) is 0 Å². The lowest BCUT2D eigenvalue weighted by Gasteiger charge is -2.06. The minimum atomic E-state index is -1.18. The Bertz CT molecular complexity index is 773. The van der Waals surface area contributed by atoms with Crippen molar-refractivity contribution < 1.29 is 24.5 Å². The van der Waals surface area contributed by atoms with Crippen LogP contribution < -0.4 is 4.74 Å². The molecule has 9 nitrogen and oxygen atoms in total. The van der Waals surface area contributed by atoms with Crippen LogP contribution in [0.4, 0.5) is 11.4 Å². The topological polar surface area (TPSA) is 133 Å². The normalized spacial score (nSPS) is 10.0. The number of carboxylic acids is 1. The maximum absolute atomic E-state index is 11.0. The van der Waals surface area contributed by atoms with E-state index in [9.17, 15) is 25.0 Å². The Hall–Kier alpha value is -3.49. The van der Waals surface area contributed by atoms with Gasteiger partial charge in [0.2, 0.25) is 5.75 Å². The molecule has 2 aromatic rings. The Labute approximate surface area is 122 Å². The van der Waals surface area contributed by atoms with Gasteiger partial charge in [-0.1, -0.05) is 6.07 Å². The Morgan fingerprint density at radius 1 is 1.05 bits per heavy atom. The number of hydrogen-bond acceptors (Lipinski definition) is 6. The van der Waals surface area contributed by atoms with Gasteiger partial charge < -0.3 is 9.84 Å². The fourth-order valence-electron chi connectivity index (χ4n) is 1.67. The molecule has 0 fully saturated rings. The molecule has 0 bridgehead atoms. The number of nitrogens with zero attached hydrogens (tertiary/aromatic N) is 2. The van der Waals surface area contributed by atoms with E-state index < -0.39 is 27.2 Å². The molecule has 9 heteroatoms. The average Bonchev–Trinajstić information content (AvgIpc) is 2.47. The summed E-state index contributed by atoms with van der Waals surface area (Å²) in [4.78, 5) is 30.9. The van der Waals surface area contributed by atoms with Gasteiger partial charge in [-0.05, 0) is 24.3 Å². The summed E-state index contributed by atoms with van der Waals surface area (Å²) >= 11 is 0. The van der Waals surface area contributed by atoms with Crippen LogP contribution in [0.25, 0.3) is 0 Å². The summed E-state index contributed by atoms with van der Waals surface area (Å²) in [7, 11) is 0. The number of rotatable bonds is 5. The minimum Gasteiger partial charge on any atom is -0.478 e. The highest BCUT2D eigenvalue weighted by atomic mass is 16.6. The molecule has 0 aromatic heterocycles. The third-order valence-electron chi connectivity index (χ3n) is 2.66. The average molecular weight is 304 g/mol. The predicted molar refractivity (Wildman–Crippen MR) is 73.2 cm³/mol. The van der Waals surface area contributed by atoms with Gasteiger partial charge in [0, 0.05) is 6.07 Å². The Morgan fingerprint density at radius 3 is 2.36 bits per heavy atom. The Kier molecular flexibility index (Phi) is 3.98. The zero-order valence-corrected chi connectivity index (χ0v) is 10.8. The first-order chi connectivity index (χ1) is 10.4. The molecule has 0 heterocycles. The summed E-state index contributed by atoms with van der Waals surface area (Å²) in [6, 6.07) is 8.27. The van der Waals surface area contributed by atoms with E-state index in [2.05, 4.69) is 0 Å². The van der Waals surface area contributed by atoms with Crippen molar-refractivity contribution in [3.63, 3.8) is 0 Å². The number of ether oxygens (including phenoxy) is 1. The molecule has 112 valence electrons. The summed E-state index contributed by atoms with van der Waals surface area (Å²) in [5.41, 5.74) is -1.09. The van der Waals surface area contributed by atoms with Crippen LogP contribution in [0.5, 0.6) is 11.5 Å². The summed E-state index contributed by atoms with van der Waals surface area (Å²) in [6.45, 7) is 0. The molecule has 0 aliphatic carbocycles. The van der Waals surface area contributed by atoms with Crippen molar-refractivity contribution in [1.29, 1.82) is 0 Å². The van der Waals surface area contributed by atoms with Crippen molar-refractivity contribution in [2.45, 2.75) is 0 Å². The number of nitro groups is 2.